The monoisotopic (exact) mass is 418 g/mol. The maximum Gasteiger partial charge on any atom is 0.224 e. The Morgan fingerprint density at radius 1 is 1.07 bits per heavy atom. The molecule has 4 rings (SSSR count). The number of fused-ring (bicyclic) bond motifs is 1. The predicted molar refractivity (Wildman–Crippen MR) is 118 cm³/mol. The number of nitrogens with zero attached hydrogens (tertiary/aromatic N) is 4. The number of piperazine rings is 1. The molecule has 1 saturated carbocycles. The number of ether oxygens (including phenoxy) is 2. The standard InChI is InChI=1S/C22H31ClN4O2/c1-3-4-13-29-20-15-18-17(14-19(20)28-2)21(25-22(23)24-18)27-11-9-26(10-12-27)16-7-5-6-8-16/h14-16H,3-13H2,1-2H3. The van der Waals surface area contributed by atoms with Gasteiger partial charge in [-0.3, -0.25) is 4.90 Å². The van der Waals surface area contributed by atoms with E-state index in [0.29, 0.717) is 18.1 Å². The first kappa shape index (κ1) is 20.5. The summed E-state index contributed by atoms with van der Waals surface area (Å²) < 4.78 is 11.5. The molecular formula is C22H31ClN4O2. The molecule has 1 saturated heterocycles. The third kappa shape index (κ3) is 4.53. The lowest BCUT2D eigenvalue weighted by Gasteiger charge is -2.38. The van der Waals surface area contributed by atoms with Crippen LogP contribution in [0.2, 0.25) is 5.28 Å². The van der Waals surface area contributed by atoms with Gasteiger partial charge in [0, 0.05) is 43.7 Å². The molecule has 0 N–H and O–H groups in total. The van der Waals surface area contributed by atoms with Gasteiger partial charge in [-0.15, -0.1) is 0 Å². The van der Waals surface area contributed by atoms with E-state index < -0.39 is 0 Å². The third-order valence-electron chi connectivity index (χ3n) is 6.14. The number of unbranched alkanes of at least 4 members (excludes halogenated alkanes) is 1. The Hall–Kier alpha value is -1.79. The van der Waals surface area contributed by atoms with E-state index in [-0.39, 0.29) is 5.28 Å². The number of aromatic nitrogens is 2. The minimum Gasteiger partial charge on any atom is -0.493 e. The Kier molecular flexibility index (Phi) is 6.60. The van der Waals surface area contributed by atoms with E-state index in [1.54, 1.807) is 7.11 Å². The van der Waals surface area contributed by atoms with Crippen molar-refractivity contribution in [3.05, 3.63) is 17.4 Å². The second kappa shape index (κ2) is 9.35. The first-order chi connectivity index (χ1) is 14.2. The minimum absolute atomic E-state index is 0.274. The highest BCUT2D eigenvalue weighted by molar-refractivity contribution is 6.28. The van der Waals surface area contributed by atoms with E-state index in [2.05, 4.69) is 26.7 Å². The fourth-order valence-corrected chi connectivity index (χ4v) is 4.67. The van der Waals surface area contributed by atoms with Crippen LogP contribution in [0, 0.1) is 0 Å². The lowest BCUT2D eigenvalue weighted by molar-refractivity contribution is 0.187. The van der Waals surface area contributed by atoms with Crippen LogP contribution in [0.5, 0.6) is 11.5 Å². The minimum atomic E-state index is 0.274. The average molecular weight is 419 g/mol. The van der Waals surface area contributed by atoms with Crippen molar-refractivity contribution in [2.24, 2.45) is 0 Å². The molecule has 0 amide bonds. The van der Waals surface area contributed by atoms with E-state index >= 15 is 0 Å². The molecule has 1 aliphatic heterocycles. The van der Waals surface area contributed by atoms with Crippen molar-refractivity contribution in [2.45, 2.75) is 51.5 Å². The second-order valence-electron chi connectivity index (χ2n) is 8.00. The van der Waals surface area contributed by atoms with Gasteiger partial charge in [-0.05, 0) is 36.9 Å². The summed E-state index contributed by atoms with van der Waals surface area (Å²) in [6.07, 6.45) is 7.53. The van der Waals surface area contributed by atoms with Crippen LogP contribution in [0.4, 0.5) is 5.82 Å². The lowest BCUT2D eigenvalue weighted by Crippen LogP contribution is -2.50. The lowest BCUT2D eigenvalue weighted by atomic mass is 10.1. The summed E-state index contributed by atoms with van der Waals surface area (Å²) in [5, 5.41) is 1.24. The predicted octanol–water partition coefficient (Wildman–Crippen LogP) is 4.54. The molecule has 29 heavy (non-hydrogen) atoms. The highest BCUT2D eigenvalue weighted by atomic mass is 35.5. The largest absolute Gasteiger partial charge is 0.493 e. The maximum atomic E-state index is 6.30. The molecule has 0 atom stereocenters. The quantitative estimate of drug-likeness (QED) is 0.486. The Morgan fingerprint density at radius 3 is 2.52 bits per heavy atom. The molecule has 2 aromatic rings. The van der Waals surface area contributed by atoms with Crippen LogP contribution in [0.1, 0.15) is 45.4 Å². The molecule has 1 aromatic heterocycles. The van der Waals surface area contributed by atoms with E-state index in [1.807, 2.05) is 12.1 Å². The zero-order valence-electron chi connectivity index (χ0n) is 17.5. The van der Waals surface area contributed by atoms with Crippen molar-refractivity contribution < 1.29 is 9.47 Å². The van der Waals surface area contributed by atoms with E-state index in [9.17, 15) is 0 Å². The van der Waals surface area contributed by atoms with Crippen molar-refractivity contribution in [1.82, 2.24) is 14.9 Å². The molecule has 6 nitrogen and oxygen atoms in total. The SMILES string of the molecule is CCCCOc1cc2nc(Cl)nc(N3CCN(C4CCCC4)CC3)c2cc1OC. The van der Waals surface area contributed by atoms with E-state index in [0.717, 1.165) is 61.8 Å². The van der Waals surface area contributed by atoms with Crippen LogP contribution in [0.25, 0.3) is 10.9 Å². The number of benzene rings is 1. The van der Waals surface area contributed by atoms with Gasteiger partial charge in [-0.1, -0.05) is 26.2 Å². The van der Waals surface area contributed by atoms with E-state index in [1.165, 1.54) is 25.7 Å². The number of rotatable bonds is 7. The molecular weight excluding hydrogens is 388 g/mol. The van der Waals surface area contributed by atoms with Gasteiger partial charge in [0.05, 0.1) is 19.2 Å². The first-order valence-corrected chi connectivity index (χ1v) is 11.2. The summed E-state index contributed by atoms with van der Waals surface area (Å²) in [6, 6.07) is 4.69. The summed E-state index contributed by atoms with van der Waals surface area (Å²) in [6.45, 7) is 6.86. The molecule has 0 radical (unpaired) electrons. The Bertz CT molecular complexity index is 833. The van der Waals surface area contributed by atoms with Crippen LogP contribution >= 0.6 is 11.6 Å². The molecule has 158 valence electrons. The number of methoxy groups -OCH3 is 1. The molecule has 1 aromatic carbocycles. The molecule has 2 fully saturated rings. The first-order valence-electron chi connectivity index (χ1n) is 10.9. The fourth-order valence-electron chi connectivity index (χ4n) is 4.50. The number of hydrogen-bond acceptors (Lipinski definition) is 6. The zero-order chi connectivity index (χ0) is 20.2. The van der Waals surface area contributed by atoms with Gasteiger partial charge in [0.2, 0.25) is 5.28 Å². The highest BCUT2D eigenvalue weighted by Gasteiger charge is 2.27. The normalized spacial score (nSPS) is 18.5. The van der Waals surface area contributed by atoms with Crippen LogP contribution in [-0.4, -0.2) is 60.8 Å². The fraction of sp³-hybridized carbons (Fsp3) is 0.636. The van der Waals surface area contributed by atoms with Crippen molar-refractivity contribution in [2.75, 3.05) is 44.8 Å². The van der Waals surface area contributed by atoms with Gasteiger partial charge in [-0.25, -0.2) is 4.98 Å². The maximum absolute atomic E-state index is 6.30. The molecule has 2 heterocycles. The van der Waals surface area contributed by atoms with Gasteiger partial charge in [-0.2, -0.15) is 4.98 Å². The molecule has 7 heteroatoms. The van der Waals surface area contributed by atoms with E-state index in [4.69, 9.17) is 21.1 Å². The Morgan fingerprint density at radius 2 is 1.83 bits per heavy atom. The van der Waals surface area contributed by atoms with Crippen molar-refractivity contribution in [1.29, 1.82) is 0 Å². The highest BCUT2D eigenvalue weighted by Crippen LogP contribution is 2.36. The summed E-state index contributed by atoms with van der Waals surface area (Å²) in [5.41, 5.74) is 0.797. The number of halogens is 1. The summed E-state index contributed by atoms with van der Waals surface area (Å²) >= 11 is 6.30. The van der Waals surface area contributed by atoms with Gasteiger partial charge >= 0.3 is 0 Å². The van der Waals surface area contributed by atoms with Crippen molar-refractivity contribution >= 4 is 28.3 Å². The summed E-state index contributed by atoms with van der Waals surface area (Å²) in [5.74, 6) is 2.31. The molecule has 0 bridgehead atoms. The van der Waals surface area contributed by atoms with Crippen LogP contribution in [0.3, 0.4) is 0 Å². The number of anilines is 1. The van der Waals surface area contributed by atoms with Crippen LogP contribution in [0.15, 0.2) is 12.1 Å². The summed E-state index contributed by atoms with van der Waals surface area (Å²) in [4.78, 5) is 14.0. The molecule has 0 unspecified atom stereocenters. The van der Waals surface area contributed by atoms with Gasteiger partial charge < -0.3 is 14.4 Å². The average Bonchev–Trinajstić information content (AvgIpc) is 3.28. The Balaban J connectivity index is 1.59. The molecule has 0 spiro atoms. The smallest absolute Gasteiger partial charge is 0.224 e. The molecule has 2 aliphatic rings. The van der Waals surface area contributed by atoms with Crippen LogP contribution in [-0.2, 0) is 0 Å². The van der Waals surface area contributed by atoms with Crippen LogP contribution < -0.4 is 14.4 Å². The second-order valence-corrected chi connectivity index (χ2v) is 8.34. The van der Waals surface area contributed by atoms with Crippen molar-refractivity contribution in [3.8, 4) is 11.5 Å². The summed E-state index contributed by atoms with van der Waals surface area (Å²) in [7, 11) is 1.67. The Labute approximate surface area is 178 Å². The van der Waals surface area contributed by atoms with Gasteiger partial charge in [0.25, 0.3) is 0 Å². The van der Waals surface area contributed by atoms with Gasteiger partial charge in [0.15, 0.2) is 11.5 Å². The van der Waals surface area contributed by atoms with Crippen molar-refractivity contribution in [3.63, 3.8) is 0 Å². The zero-order valence-corrected chi connectivity index (χ0v) is 18.2. The third-order valence-corrected chi connectivity index (χ3v) is 6.31. The number of hydrogen-bond donors (Lipinski definition) is 0. The molecule has 1 aliphatic carbocycles. The van der Waals surface area contributed by atoms with Gasteiger partial charge in [0.1, 0.15) is 5.82 Å². The topological polar surface area (TPSA) is 50.7 Å².